The fourth-order valence-electron chi connectivity index (χ4n) is 9.73. The van der Waals surface area contributed by atoms with Crippen molar-refractivity contribution in [3.05, 3.63) is 168 Å². The van der Waals surface area contributed by atoms with Crippen LogP contribution in [0.3, 0.4) is 0 Å². The molecule has 3 aromatic heterocycles. The summed E-state index contributed by atoms with van der Waals surface area (Å²) in [5, 5.41) is 6.01. The first-order chi connectivity index (χ1) is 26.5. The first-order valence-corrected chi connectivity index (χ1v) is 19.0. The lowest BCUT2D eigenvalue weighted by Gasteiger charge is -2.23. The Kier molecular flexibility index (Phi) is 5.96. The molecule has 0 saturated heterocycles. The minimum atomic E-state index is -0.208. The van der Waals surface area contributed by atoms with Gasteiger partial charge in [-0.1, -0.05) is 117 Å². The van der Waals surface area contributed by atoms with Gasteiger partial charge in [0.1, 0.15) is 22.5 Å². The Hall–Kier alpha value is -6.58. The minimum Gasteiger partial charge on any atom is -0.460 e. The Morgan fingerprint density at radius 3 is 2.19 bits per heavy atom. The van der Waals surface area contributed by atoms with Gasteiger partial charge in [0.05, 0.1) is 11.0 Å². The Morgan fingerprint density at radius 2 is 1.31 bits per heavy atom. The molecule has 256 valence electrons. The first kappa shape index (κ1) is 29.9. The van der Waals surface area contributed by atoms with Crippen LogP contribution in [0.2, 0.25) is 0 Å². The zero-order valence-electron chi connectivity index (χ0n) is 30.1. The molecule has 3 heterocycles. The van der Waals surface area contributed by atoms with Crippen molar-refractivity contribution >= 4 is 60.8 Å². The number of aromatic nitrogens is 1. The zero-order valence-corrected chi connectivity index (χ0v) is 30.1. The molecule has 0 atom stereocenters. The topological polar surface area (TPSA) is 31.2 Å². The van der Waals surface area contributed by atoms with Gasteiger partial charge in [0.2, 0.25) is 0 Å². The van der Waals surface area contributed by atoms with E-state index < -0.39 is 0 Å². The van der Waals surface area contributed by atoms with Crippen LogP contribution >= 0.6 is 0 Å². The molecule has 3 nitrogen and oxygen atoms in total. The molecule has 12 rings (SSSR count). The number of furan rings is 2. The van der Waals surface area contributed by atoms with Crippen molar-refractivity contribution in [1.82, 2.24) is 4.57 Å². The summed E-state index contributed by atoms with van der Waals surface area (Å²) in [7, 11) is 0. The van der Waals surface area contributed by atoms with Crippen LogP contribution in [0.4, 0.5) is 0 Å². The third kappa shape index (κ3) is 4.01. The number of benzene rings is 7. The largest absolute Gasteiger partial charge is 0.460 e. The van der Waals surface area contributed by atoms with Crippen molar-refractivity contribution in [2.24, 2.45) is 0 Å². The summed E-state index contributed by atoms with van der Waals surface area (Å²) in [5.41, 5.74) is 17.4. The highest BCUT2D eigenvalue weighted by Gasteiger charge is 2.39. The lowest BCUT2D eigenvalue weighted by molar-refractivity contribution is 0.546. The SMILES string of the molecule is CC1(C)c2cc(-n3c4ccc(-c5ccccc5)cc4c4cc(-c5cccc6c5oc5ccccc56)ccc43)ccc2-c2ccc3oc4c(c3c21)C=CCC4. The second-order valence-electron chi connectivity index (χ2n) is 15.5. The van der Waals surface area contributed by atoms with E-state index in [0.717, 1.165) is 57.3 Å². The number of allylic oxidation sites excluding steroid dienone is 1. The molecule has 2 aliphatic rings. The van der Waals surface area contributed by atoms with Crippen molar-refractivity contribution in [3.8, 4) is 39.1 Å². The van der Waals surface area contributed by atoms with E-state index >= 15 is 0 Å². The minimum absolute atomic E-state index is 0.208. The molecule has 0 N–H and O–H groups in total. The summed E-state index contributed by atoms with van der Waals surface area (Å²) in [6.45, 7) is 4.77. The van der Waals surface area contributed by atoms with Crippen LogP contribution in [0.5, 0.6) is 0 Å². The van der Waals surface area contributed by atoms with E-state index in [1.54, 1.807) is 0 Å². The second-order valence-corrected chi connectivity index (χ2v) is 15.5. The fourth-order valence-corrected chi connectivity index (χ4v) is 9.73. The quantitative estimate of drug-likeness (QED) is 0.184. The highest BCUT2D eigenvalue weighted by molar-refractivity contribution is 6.14. The van der Waals surface area contributed by atoms with Crippen LogP contribution in [-0.4, -0.2) is 4.57 Å². The fraction of sp³-hybridized carbons (Fsp3) is 0.0980. The molecule has 2 aliphatic carbocycles. The molecule has 0 spiro atoms. The Morgan fingerprint density at radius 1 is 0.556 bits per heavy atom. The van der Waals surface area contributed by atoms with E-state index in [9.17, 15) is 0 Å². The summed E-state index contributed by atoms with van der Waals surface area (Å²) < 4.78 is 15.4. The van der Waals surface area contributed by atoms with Crippen LogP contribution < -0.4 is 0 Å². The maximum Gasteiger partial charge on any atom is 0.143 e. The first-order valence-electron chi connectivity index (χ1n) is 19.0. The Balaban J connectivity index is 1.08. The van der Waals surface area contributed by atoms with Gasteiger partial charge in [-0.05, 0) is 93.9 Å². The molecule has 10 aromatic rings. The predicted octanol–water partition coefficient (Wildman–Crippen LogP) is 14.0. The van der Waals surface area contributed by atoms with Crippen molar-refractivity contribution in [1.29, 1.82) is 0 Å². The van der Waals surface area contributed by atoms with Crippen LogP contribution in [-0.2, 0) is 11.8 Å². The van der Waals surface area contributed by atoms with Crippen molar-refractivity contribution in [2.45, 2.75) is 32.1 Å². The maximum atomic E-state index is 6.52. The van der Waals surface area contributed by atoms with Gasteiger partial charge in [0.25, 0.3) is 0 Å². The van der Waals surface area contributed by atoms with Gasteiger partial charge in [-0.3, -0.25) is 0 Å². The molecule has 0 fully saturated rings. The van der Waals surface area contributed by atoms with Crippen molar-refractivity contribution in [2.75, 3.05) is 0 Å². The van der Waals surface area contributed by atoms with Crippen LogP contribution in [0, 0.1) is 0 Å². The molecule has 0 saturated carbocycles. The molecule has 0 bridgehead atoms. The molecule has 0 amide bonds. The van der Waals surface area contributed by atoms with Crippen LogP contribution in [0.1, 0.15) is 42.7 Å². The van der Waals surface area contributed by atoms with E-state index in [0.29, 0.717) is 0 Å². The van der Waals surface area contributed by atoms with Gasteiger partial charge < -0.3 is 13.4 Å². The highest BCUT2D eigenvalue weighted by atomic mass is 16.3. The van der Waals surface area contributed by atoms with Gasteiger partial charge in [-0.2, -0.15) is 0 Å². The number of hydrogen-bond donors (Lipinski definition) is 0. The normalized spacial score (nSPS) is 14.4. The number of hydrogen-bond acceptors (Lipinski definition) is 2. The number of nitrogens with zero attached hydrogens (tertiary/aromatic N) is 1. The molecule has 7 aromatic carbocycles. The van der Waals surface area contributed by atoms with Gasteiger partial charge in [-0.25, -0.2) is 0 Å². The molecule has 0 unspecified atom stereocenters. The van der Waals surface area contributed by atoms with Crippen molar-refractivity contribution < 1.29 is 8.83 Å². The molecule has 0 radical (unpaired) electrons. The van der Waals surface area contributed by atoms with Gasteiger partial charge >= 0.3 is 0 Å². The number of rotatable bonds is 3. The van der Waals surface area contributed by atoms with E-state index in [1.807, 2.05) is 6.07 Å². The second kappa shape index (κ2) is 10.7. The van der Waals surface area contributed by atoms with E-state index in [2.05, 4.69) is 164 Å². The van der Waals surface area contributed by atoms with E-state index in [-0.39, 0.29) is 5.41 Å². The standard InChI is InChI=1S/C51H35NO2/c1-51(2)42-29-33(21-22-35(42)37-23-26-47-48(49(37)51)39-14-7-9-18-46(39)53-47)52-43-24-19-31(30-11-4-3-5-12-30)27-40(43)41-28-32(20-25-44(41)52)34-15-10-16-38-36-13-6-8-17-45(36)54-50(34)38/h3-8,10-17,19-29H,9,18H2,1-2H3. The molecule has 0 aliphatic heterocycles. The molecule has 54 heavy (non-hydrogen) atoms. The third-order valence-corrected chi connectivity index (χ3v) is 12.2. The zero-order chi connectivity index (χ0) is 35.7. The van der Waals surface area contributed by atoms with Crippen LogP contribution in [0.15, 0.2) is 154 Å². The monoisotopic (exact) mass is 693 g/mol. The summed E-state index contributed by atoms with van der Waals surface area (Å²) in [6, 6.07) is 50.9. The predicted molar refractivity (Wildman–Crippen MR) is 224 cm³/mol. The average molecular weight is 694 g/mol. The number of fused-ring (bicyclic) bond motifs is 13. The Labute approximate surface area is 312 Å². The van der Waals surface area contributed by atoms with Gasteiger partial charge in [0, 0.05) is 55.6 Å². The summed E-state index contributed by atoms with van der Waals surface area (Å²) in [6.07, 6.45) is 6.56. The number of aryl methyl sites for hydroxylation is 1. The van der Waals surface area contributed by atoms with Gasteiger partial charge in [-0.15, -0.1) is 0 Å². The Bertz CT molecular complexity index is 3240. The third-order valence-electron chi connectivity index (χ3n) is 12.2. The maximum absolute atomic E-state index is 6.52. The summed E-state index contributed by atoms with van der Waals surface area (Å²) in [4.78, 5) is 0. The van der Waals surface area contributed by atoms with Gasteiger partial charge in [0.15, 0.2) is 0 Å². The lowest BCUT2D eigenvalue weighted by atomic mass is 9.79. The smallest absolute Gasteiger partial charge is 0.143 e. The molecular formula is C51H35NO2. The van der Waals surface area contributed by atoms with E-state index in [1.165, 1.54) is 71.8 Å². The van der Waals surface area contributed by atoms with Crippen molar-refractivity contribution in [3.63, 3.8) is 0 Å². The number of para-hydroxylation sites is 2. The molecule has 3 heteroatoms. The van der Waals surface area contributed by atoms with E-state index in [4.69, 9.17) is 8.83 Å². The average Bonchev–Trinajstić information content (AvgIpc) is 3.94. The molecular weight excluding hydrogens is 659 g/mol. The lowest BCUT2D eigenvalue weighted by Crippen LogP contribution is -2.16. The summed E-state index contributed by atoms with van der Waals surface area (Å²) in [5.74, 6) is 1.12. The highest BCUT2D eigenvalue weighted by Crippen LogP contribution is 2.54. The summed E-state index contributed by atoms with van der Waals surface area (Å²) >= 11 is 0. The van der Waals surface area contributed by atoms with Crippen LogP contribution in [0.25, 0.3) is 99.9 Å².